The Balaban J connectivity index is 1.87. The van der Waals surface area contributed by atoms with E-state index in [1.165, 1.54) is 0 Å². The van der Waals surface area contributed by atoms with Gasteiger partial charge in [0.2, 0.25) is 0 Å². The first-order valence-electron chi connectivity index (χ1n) is 5.90. The van der Waals surface area contributed by atoms with Crippen LogP contribution >= 0.6 is 0 Å². The number of hydrogen-bond acceptors (Lipinski definition) is 3. The van der Waals surface area contributed by atoms with Gasteiger partial charge in [0.1, 0.15) is 5.78 Å². The van der Waals surface area contributed by atoms with Gasteiger partial charge in [-0.2, -0.15) is 0 Å². The Morgan fingerprint density at radius 1 is 0.750 bits per heavy atom. The molecule has 16 heavy (non-hydrogen) atoms. The van der Waals surface area contributed by atoms with Gasteiger partial charge < -0.3 is 0 Å². The van der Waals surface area contributed by atoms with Crippen LogP contribution in [0.4, 0.5) is 0 Å². The van der Waals surface area contributed by atoms with Gasteiger partial charge in [0.05, 0.1) is 0 Å². The Bertz CT molecular complexity index is 277. The van der Waals surface area contributed by atoms with Crippen molar-refractivity contribution in [1.29, 1.82) is 0 Å². The first kappa shape index (κ1) is 12.4. The van der Waals surface area contributed by atoms with Gasteiger partial charge in [-0.3, -0.25) is 13.2 Å². The van der Waals surface area contributed by atoms with E-state index < -0.39 is 21.6 Å². The van der Waals surface area contributed by atoms with Crippen molar-refractivity contribution in [3.63, 3.8) is 0 Å². The highest BCUT2D eigenvalue weighted by molar-refractivity contribution is 7.85. The summed E-state index contributed by atoms with van der Waals surface area (Å²) in [4.78, 5) is 12.2. The third-order valence-corrected chi connectivity index (χ3v) is 6.34. The maximum absolute atomic E-state index is 12.2. The summed E-state index contributed by atoms with van der Waals surface area (Å²) < 4.78 is 22.4. The van der Waals surface area contributed by atoms with Crippen LogP contribution in [0.3, 0.4) is 0 Å². The van der Waals surface area contributed by atoms with Gasteiger partial charge in [-0.25, -0.2) is 0 Å². The van der Waals surface area contributed by atoms with Crippen LogP contribution in [-0.2, 0) is 26.4 Å². The Morgan fingerprint density at radius 3 is 1.38 bits per heavy atom. The number of ketones is 1. The fourth-order valence-electron chi connectivity index (χ4n) is 2.49. The molecule has 0 saturated carbocycles. The van der Waals surface area contributed by atoms with Gasteiger partial charge in [-0.1, -0.05) is 0 Å². The molecule has 2 rings (SSSR count). The van der Waals surface area contributed by atoms with Crippen LogP contribution in [0.1, 0.15) is 25.7 Å². The van der Waals surface area contributed by atoms with Gasteiger partial charge in [-0.05, 0) is 25.7 Å². The largest absolute Gasteiger partial charge is 0.299 e. The minimum absolute atomic E-state index is 0.134. The molecule has 0 atom stereocenters. The van der Waals surface area contributed by atoms with E-state index in [0.29, 0.717) is 28.8 Å². The van der Waals surface area contributed by atoms with E-state index >= 15 is 0 Å². The van der Waals surface area contributed by atoms with Gasteiger partial charge in [0.15, 0.2) is 0 Å². The van der Waals surface area contributed by atoms with Crippen molar-refractivity contribution in [3.8, 4) is 0 Å². The first-order valence-corrected chi connectivity index (χ1v) is 8.88. The van der Waals surface area contributed by atoms with Crippen molar-refractivity contribution >= 4 is 27.4 Å². The molecule has 0 unspecified atom stereocenters. The standard InChI is InChI=1S/C11H18O3S2/c12-11(9-1-5-15(13)6-2-9)10-3-7-16(14)8-4-10/h9-10H,1-8H2. The van der Waals surface area contributed by atoms with Crippen LogP contribution < -0.4 is 0 Å². The van der Waals surface area contributed by atoms with Gasteiger partial charge in [0, 0.05) is 56.4 Å². The topological polar surface area (TPSA) is 51.2 Å². The van der Waals surface area contributed by atoms with Crippen LogP contribution in [-0.4, -0.2) is 37.2 Å². The van der Waals surface area contributed by atoms with Crippen molar-refractivity contribution in [2.24, 2.45) is 11.8 Å². The number of carbonyl (C=O) groups is 1. The average molecular weight is 262 g/mol. The maximum Gasteiger partial charge on any atom is 0.139 e. The Kier molecular flexibility index (Phi) is 4.30. The summed E-state index contributed by atoms with van der Waals surface area (Å²) in [5.74, 6) is 3.38. The second-order valence-electron chi connectivity index (χ2n) is 4.65. The summed E-state index contributed by atoms with van der Waals surface area (Å²) in [5, 5.41) is 0. The third-order valence-electron chi connectivity index (χ3n) is 3.58. The normalized spacial score (nSPS) is 40.5. The molecule has 5 heteroatoms. The zero-order valence-corrected chi connectivity index (χ0v) is 11.0. The van der Waals surface area contributed by atoms with Gasteiger partial charge in [0.25, 0.3) is 0 Å². The summed E-state index contributed by atoms with van der Waals surface area (Å²) in [6, 6.07) is 0. The van der Waals surface area contributed by atoms with E-state index in [1.54, 1.807) is 0 Å². The van der Waals surface area contributed by atoms with Gasteiger partial charge >= 0.3 is 0 Å². The van der Waals surface area contributed by atoms with Crippen LogP contribution in [0.25, 0.3) is 0 Å². The SMILES string of the molecule is O=C(C1CCS(=O)CC1)C1CCS(=O)CC1. The van der Waals surface area contributed by atoms with Crippen molar-refractivity contribution in [2.75, 3.05) is 23.0 Å². The third kappa shape index (κ3) is 3.00. The first-order chi connectivity index (χ1) is 7.66. The number of rotatable bonds is 2. The van der Waals surface area contributed by atoms with Crippen molar-refractivity contribution < 1.29 is 13.2 Å². The zero-order valence-electron chi connectivity index (χ0n) is 9.35. The van der Waals surface area contributed by atoms with E-state index in [-0.39, 0.29) is 11.8 Å². The molecule has 2 saturated heterocycles. The molecule has 2 heterocycles. The molecular weight excluding hydrogens is 244 g/mol. The quantitative estimate of drug-likeness (QED) is 0.742. The van der Waals surface area contributed by atoms with Crippen LogP contribution in [0, 0.1) is 11.8 Å². The predicted octanol–water partition coefficient (Wildman–Crippen LogP) is 0.873. The Labute approximate surface area is 101 Å². The Morgan fingerprint density at radius 2 is 1.06 bits per heavy atom. The number of hydrogen-bond donors (Lipinski definition) is 0. The lowest BCUT2D eigenvalue weighted by Crippen LogP contribution is -2.33. The van der Waals surface area contributed by atoms with Crippen LogP contribution in [0.2, 0.25) is 0 Å². The molecule has 2 fully saturated rings. The molecular formula is C11H18O3S2. The molecule has 0 aromatic heterocycles. The summed E-state index contributed by atoms with van der Waals surface area (Å²) in [7, 11) is -1.38. The molecule has 0 aliphatic carbocycles. The van der Waals surface area contributed by atoms with E-state index in [0.717, 1.165) is 25.7 Å². The molecule has 0 N–H and O–H groups in total. The van der Waals surface area contributed by atoms with Crippen molar-refractivity contribution in [2.45, 2.75) is 25.7 Å². The molecule has 2 aliphatic rings. The van der Waals surface area contributed by atoms with E-state index in [2.05, 4.69) is 0 Å². The average Bonchev–Trinajstić information content (AvgIpc) is 2.30. The van der Waals surface area contributed by atoms with E-state index in [4.69, 9.17) is 0 Å². The monoisotopic (exact) mass is 262 g/mol. The van der Waals surface area contributed by atoms with Crippen LogP contribution in [0.5, 0.6) is 0 Å². The van der Waals surface area contributed by atoms with Crippen molar-refractivity contribution in [1.82, 2.24) is 0 Å². The number of Topliss-reactive ketones (excluding diaryl/α,β-unsaturated/α-hetero) is 1. The second-order valence-corrected chi connectivity index (χ2v) is 8.04. The molecule has 92 valence electrons. The minimum Gasteiger partial charge on any atom is -0.299 e. The molecule has 0 radical (unpaired) electrons. The number of carbonyl (C=O) groups excluding carboxylic acids is 1. The molecule has 2 aliphatic heterocycles. The molecule has 3 nitrogen and oxygen atoms in total. The van der Waals surface area contributed by atoms with E-state index in [9.17, 15) is 13.2 Å². The van der Waals surface area contributed by atoms with E-state index in [1.807, 2.05) is 0 Å². The van der Waals surface area contributed by atoms with Crippen molar-refractivity contribution in [3.05, 3.63) is 0 Å². The molecule has 0 bridgehead atoms. The van der Waals surface area contributed by atoms with Gasteiger partial charge in [-0.15, -0.1) is 0 Å². The summed E-state index contributed by atoms with van der Waals surface area (Å²) in [6.07, 6.45) is 3.19. The molecule has 0 aromatic rings. The Hall–Kier alpha value is -0.0300. The lowest BCUT2D eigenvalue weighted by molar-refractivity contribution is -0.127. The van der Waals surface area contributed by atoms with Crippen LogP contribution in [0.15, 0.2) is 0 Å². The lowest BCUT2D eigenvalue weighted by atomic mass is 9.85. The highest BCUT2D eigenvalue weighted by Crippen LogP contribution is 2.26. The zero-order chi connectivity index (χ0) is 11.5. The lowest BCUT2D eigenvalue weighted by Gasteiger charge is -2.27. The summed E-state index contributed by atoms with van der Waals surface area (Å²) in [5.41, 5.74) is 0. The maximum atomic E-state index is 12.2. The fourth-order valence-corrected chi connectivity index (χ4v) is 5.09. The minimum atomic E-state index is -0.689. The smallest absolute Gasteiger partial charge is 0.139 e. The highest BCUT2D eigenvalue weighted by atomic mass is 32.2. The summed E-state index contributed by atoms with van der Waals surface area (Å²) >= 11 is 0. The molecule has 0 spiro atoms. The fraction of sp³-hybridized carbons (Fsp3) is 0.909. The highest BCUT2D eigenvalue weighted by Gasteiger charge is 2.31. The summed E-state index contributed by atoms with van der Waals surface area (Å²) in [6.45, 7) is 0. The second kappa shape index (κ2) is 5.54. The molecule has 0 amide bonds. The predicted molar refractivity (Wildman–Crippen MR) is 66.2 cm³/mol. The molecule has 0 aromatic carbocycles.